The van der Waals surface area contributed by atoms with Crippen LogP contribution in [0.1, 0.15) is 30.0 Å². The van der Waals surface area contributed by atoms with E-state index in [4.69, 9.17) is 14.2 Å². The van der Waals surface area contributed by atoms with Crippen molar-refractivity contribution < 1.29 is 14.2 Å². The Balaban J connectivity index is 1.96. The van der Waals surface area contributed by atoms with E-state index < -0.39 is 0 Å². The van der Waals surface area contributed by atoms with Gasteiger partial charge in [0.25, 0.3) is 0 Å². The van der Waals surface area contributed by atoms with Gasteiger partial charge in [-0.3, -0.25) is 0 Å². The number of fused-ring (bicyclic) bond motifs is 1. The van der Waals surface area contributed by atoms with Gasteiger partial charge in [-0.2, -0.15) is 0 Å². The van der Waals surface area contributed by atoms with Crippen LogP contribution in [0.15, 0.2) is 18.2 Å². The van der Waals surface area contributed by atoms with Gasteiger partial charge in [-0.1, -0.05) is 18.2 Å². The van der Waals surface area contributed by atoms with Crippen LogP contribution in [0.3, 0.4) is 0 Å². The first-order valence-electron chi connectivity index (χ1n) is 7.35. The molecule has 1 heterocycles. The molecule has 4 heteroatoms. The number of aryl methyl sites for hydroxylation is 1. The topological polar surface area (TPSA) is 39.7 Å². The molecule has 1 unspecified atom stereocenters. The average Bonchev–Trinajstić information content (AvgIpc) is 2.51. The van der Waals surface area contributed by atoms with Gasteiger partial charge in [-0.05, 0) is 31.9 Å². The van der Waals surface area contributed by atoms with Crippen molar-refractivity contribution in [3.63, 3.8) is 0 Å². The first-order chi connectivity index (χ1) is 9.86. The third-order valence-electron chi connectivity index (χ3n) is 3.67. The normalized spacial score (nSPS) is 15.5. The van der Waals surface area contributed by atoms with Crippen LogP contribution in [0.5, 0.6) is 5.75 Å². The molecule has 0 radical (unpaired) electrons. The number of benzene rings is 1. The molecule has 0 spiro atoms. The Kier molecular flexibility index (Phi) is 6.30. The minimum atomic E-state index is 0.269. The maximum Gasteiger partial charge on any atom is 0.127 e. The first kappa shape index (κ1) is 15.3. The molecule has 1 aliphatic heterocycles. The smallest absolute Gasteiger partial charge is 0.127 e. The molecule has 1 aliphatic rings. The molecule has 2 rings (SSSR count). The molecule has 0 saturated heterocycles. The van der Waals surface area contributed by atoms with Crippen LogP contribution < -0.4 is 10.1 Å². The van der Waals surface area contributed by atoms with Crippen molar-refractivity contribution in [1.82, 2.24) is 5.32 Å². The van der Waals surface area contributed by atoms with Crippen LogP contribution in [0.4, 0.5) is 0 Å². The Morgan fingerprint density at radius 1 is 1.30 bits per heavy atom. The minimum Gasteiger partial charge on any atom is -0.493 e. The molecule has 4 nitrogen and oxygen atoms in total. The number of nitrogens with one attached hydrogen (secondary N) is 1. The fraction of sp³-hybridized carbons (Fsp3) is 0.625. The summed E-state index contributed by atoms with van der Waals surface area (Å²) >= 11 is 0. The maximum absolute atomic E-state index is 5.88. The Hall–Kier alpha value is -1.10. The van der Waals surface area contributed by atoms with Crippen LogP contribution in [0.2, 0.25) is 0 Å². The second-order valence-corrected chi connectivity index (χ2v) is 5.02. The van der Waals surface area contributed by atoms with Gasteiger partial charge < -0.3 is 19.5 Å². The molecule has 20 heavy (non-hydrogen) atoms. The van der Waals surface area contributed by atoms with E-state index in [0.717, 1.165) is 38.2 Å². The fourth-order valence-corrected chi connectivity index (χ4v) is 2.59. The monoisotopic (exact) mass is 279 g/mol. The van der Waals surface area contributed by atoms with E-state index in [0.29, 0.717) is 13.2 Å². The first-order valence-corrected chi connectivity index (χ1v) is 7.35. The maximum atomic E-state index is 5.88. The predicted molar refractivity (Wildman–Crippen MR) is 79.4 cm³/mol. The highest BCUT2D eigenvalue weighted by atomic mass is 16.5. The summed E-state index contributed by atoms with van der Waals surface area (Å²) in [6.45, 7) is 2.84. The van der Waals surface area contributed by atoms with Crippen molar-refractivity contribution in [2.45, 2.75) is 25.3 Å². The summed E-state index contributed by atoms with van der Waals surface area (Å²) in [5.41, 5.74) is 2.58. The van der Waals surface area contributed by atoms with Crippen LogP contribution in [0, 0.1) is 0 Å². The summed E-state index contributed by atoms with van der Waals surface area (Å²) < 4.78 is 16.4. The second-order valence-electron chi connectivity index (χ2n) is 5.02. The van der Waals surface area contributed by atoms with Gasteiger partial charge in [0, 0.05) is 25.3 Å². The Bertz CT molecular complexity index is 409. The lowest BCUT2D eigenvalue weighted by molar-refractivity contribution is 0.0659. The third kappa shape index (κ3) is 3.95. The van der Waals surface area contributed by atoms with Crippen LogP contribution in [-0.4, -0.2) is 40.6 Å². The van der Waals surface area contributed by atoms with Gasteiger partial charge in [0.05, 0.1) is 19.8 Å². The van der Waals surface area contributed by atoms with Crippen molar-refractivity contribution in [3.8, 4) is 5.75 Å². The molecule has 0 fully saturated rings. The summed E-state index contributed by atoms with van der Waals surface area (Å²) in [7, 11) is 3.68. The summed E-state index contributed by atoms with van der Waals surface area (Å²) in [6, 6.07) is 6.71. The van der Waals surface area contributed by atoms with Gasteiger partial charge in [0.15, 0.2) is 0 Å². The highest BCUT2D eigenvalue weighted by molar-refractivity contribution is 5.44. The second kappa shape index (κ2) is 8.25. The Morgan fingerprint density at radius 3 is 3.00 bits per heavy atom. The van der Waals surface area contributed by atoms with E-state index in [1.165, 1.54) is 11.1 Å². The molecule has 0 aliphatic carbocycles. The Morgan fingerprint density at radius 2 is 2.20 bits per heavy atom. The van der Waals surface area contributed by atoms with Crippen LogP contribution in [-0.2, 0) is 15.9 Å². The molecule has 1 aromatic rings. The number of ether oxygens (including phenoxy) is 3. The standard InChI is InChI=1S/C16H25NO3/c1-17-15(8-10-19-12-11-18-2)14-7-3-5-13-6-4-9-20-16(13)14/h3,5,7,15,17H,4,6,8-12H2,1-2H3. The zero-order valence-corrected chi connectivity index (χ0v) is 12.5. The lowest BCUT2D eigenvalue weighted by atomic mass is 9.96. The van der Waals surface area contributed by atoms with E-state index in [1.54, 1.807) is 7.11 Å². The van der Waals surface area contributed by atoms with Crippen molar-refractivity contribution in [3.05, 3.63) is 29.3 Å². The predicted octanol–water partition coefficient (Wildman–Crippen LogP) is 2.33. The largest absolute Gasteiger partial charge is 0.493 e. The van der Waals surface area contributed by atoms with Crippen LogP contribution in [0.25, 0.3) is 0 Å². The molecule has 0 amide bonds. The minimum absolute atomic E-state index is 0.269. The van der Waals surface area contributed by atoms with Gasteiger partial charge in [-0.15, -0.1) is 0 Å². The van der Waals surface area contributed by atoms with E-state index >= 15 is 0 Å². The van der Waals surface area contributed by atoms with Crippen molar-refractivity contribution in [2.24, 2.45) is 0 Å². The summed E-state index contributed by atoms with van der Waals surface area (Å²) in [4.78, 5) is 0. The van der Waals surface area contributed by atoms with Gasteiger partial charge >= 0.3 is 0 Å². The summed E-state index contributed by atoms with van der Waals surface area (Å²) in [5.74, 6) is 1.08. The number of para-hydroxylation sites is 1. The quantitative estimate of drug-likeness (QED) is 0.741. The lowest BCUT2D eigenvalue weighted by Gasteiger charge is -2.25. The SMILES string of the molecule is CNC(CCOCCOC)c1cccc2c1OCCC2. The molecule has 1 N–H and O–H groups in total. The molecule has 1 aromatic carbocycles. The molecule has 0 bridgehead atoms. The molecular weight excluding hydrogens is 254 g/mol. The number of rotatable bonds is 8. The average molecular weight is 279 g/mol. The van der Waals surface area contributed by atoms with Crippen molar-refractivity contribution in [2.75, 3.05) is 40.6 Å². The van der Waals surface area contributed by atoms with Gasteiger partial charge in [0.1, 0.15) is 5.75 Å². The van der Waals surface area contributed by atoms with Crippen molar-refractivity contribution in [1.29, 1.82) is 0 Å². The number of methoxy groups -OCH3 is 1. The fourth-order valence-electron chi connectivity index (χ4n) is 2.59. The van der Waals surface area contributed by atoms with Crippen molar-refractivity contribution >= 4 is 0 Å². The van der Waals surface area contributed by atoms with Crippen LogP contribution >= 0.6 is 0 Å². The molecule has 1 atom stereocenters. The molecule has 0 saturated carbocycles. The van der Waals surface area contributed by atoms with Gasteiger partial charge in [-0.25, -0.2) is 0 Å². The van der Waals surface area contributed by atoms with Gasteiger partial charge in [0.2, 0.25) is 0 Å². The summed E-state index contributed by atoms with van der Waals surface area (Å²) in [5, 5.41) is 3.37. The molecule has 0 aromatic heterocycles. The third-order valence-corrected chi connectivity index (χ3v) is 3.67. The van der Waals surface area contributed by atoms with E-state index in [2.05, 4.69) is 23.5 Å². The van der Waals surface area contributed by atoms with E-state index in [9.17, 15) is 0 Å². The molecule has 112 valence electrons. The summed E-state index contributed by atoms with van der Waals surface area (Å²) in [6.07, 6.45) is 3.16. The zero-order valence-electron chi connectivity index (χ0n) is 12.5. The number of hydrogen-bond acceptors (Lipinski definition) is 4. The molecular formula is C16H25NO3. The number of hydrogen-bond donors (Lipinski definition) is 1. The lowest BCUT2D eigenvalue weighted by Crippen LogP contribution is -2.21. The highest BCUT2D eigenvalue weighted by Crippen LogP contribution is 2.33. The zero-order chi connectivity index (χ0) is 14.2. The van der Waals surface area contributed by atoms with E-state index in [1.807, 2.05) is 7.05 Å². The highest BCUT2D eigenvalue weighted by Gasteiger charge is 2.19. The Labute approximate surface area is 121 Å². The van der Waals surface area contributed by atoms with E-state index in [-0.39, 0.29) is 6.04 Å².